The molecule has 2 aromatic carbocycles. The molecule has 0 radical (unpaired) electrons. The van der Waals surface area contributed by atoms with Crippen molar-refractivity contribution in [3.8, 4) is 0 Å². The molecule has 0 unspecified atom stereocenters. The Balaban J connectivity index is 1.86. The zero-order valence-corrected chi connectivity index (χ0v) is 15.6. The van der Waals surface area contributed by atoms with Crippen LogP contribution in [0, 0.1) is 0 Å². The second-order valence-corrected chi connectivity index (χ2v) is 6.77. The van der Waals surface area contributed by atoms with Crippen molar-refractivity contribution in [3.63, 3.8) is 0 Å². The zero-order chi connectivity index (χ0) is 17.1. The SMILES string of the molecule is CC[C@@H](C(=O)N1C(=[Se])O[C@@H](c2ccccc2)[C@H]1C)c1ccccc1. The Morgan fingerprint density at radius 3 is 2.29 bits per heavy atom. The monoisotopic (exact) mass is 387 g/mol. The standard InChI is InChI=1S/C20H21NO2Se/c1-3-17(15-10-6-4-7-11-15)19(22)21-14(2)18(23-20(21)24)16-12-8-5-9-13-16/h4-14,17-18H,3H2,1-2H3/t14-,17-,18-/m1/s1. The van der Waals surface area contributed by atoms with Gasteiger partial charge in [0.05, 0.1) is 0 Å². The zero-order valence-electron chi connectivity index (χ0n) is 13.9. The van der Waals surface area contributed by atoms with E-state index in [1.54, 1.807) is 4.90 Å². The summed E-state index contributed by atoms with van der Waals surface area (Å²) >= 11 is 2.93. The van der Waals surface area contributed by atoms with Gasteiger partial charge in [0, 0.05) is 0 Å². The third-order valence-corrected chi connectivity index (χ3v) is 5.16. The van der Waals surface area contributed by atoms with Gasteiger partial charge in [-0.05, 0) is 0 Å². The van der Waals surface area contributed by atoms with E-state index in [4.69, 9.17) is 4.74 Å². The Labute approximate surface area is 151 Å². The molecule has 4 heteroatoms. The Morgan fingerprint density at radius 2 is 1.71 bits per heavy atom. The van der Waals surface area contributed by atoms with E-state index in [2.05, 4.69) is 15.6 Å². The topological polar surface area (TPSA) is 29.5 Å². The second-order valence-electron chi connectivity index (χ2n) is 6.04. The van der Waals surface area contributed by atoms with Gasteiger partial charge in [-0.15, -0.1) is 0 Å². The molecule has 0 spiro atoms. The van der Waals surface area contributed by atoms with Gasteiger partial charge in [-0.2, -0.15) is 0 Å². The van der Waals surface area contributed by atoms with Crippen LogP contribution in [-0.4, -0.2) is 37.2 Å². The number of carbonyl (C=O) groups is 1. The first-order valence-corrected chi connectivity index (χ1v) is 9.12. The molecule has 1 fully saturated rings. The van der Waals surface area contributed by atoms with E-state index in [0.29, 0.717) is 4.73 Å². The van der Waals surface area contributed by atoms with E-state index < -0.39 is 0 Å². The molecule has 0 bridgehead atoms. The predicted octanol–water partition coefficient (Wildman–Crippen LogP) is 3.42. The second kappa shape index (κ2) is 7.33. The van der Waals surface area contributed by atoms with Crippen molar-refractivity contribution in [1.82, 2.24) is 4.90 Å². The molecule has 0 N–H and O–H groups in total. The first kappa shape index (κ1) is 16.9. The van der Waals surface area contributed by atoms with Gasteiger partial charge in [0.2, 0.25) is 0 Å². The molecule has 3 nitrogen and oxygen atoms in total. The van der Waals surface area contributed by atoms with Crippen LogP contribution in [0.15, 0.2) is 60.7 Å². The molecule has 0 aromatic heterocycles. The van der Waals surface area contributed by atoms with Crippen LogP contribution in [0.25, 0.3) is 0 Å². The molecule has 124 valence electrons. The Hall–Kier alpha value is -1.90. The van der Waals surface area contributed by atoms with Crippen molar-refractivity contribution in [1.29, 1.82) is 0 Å². The number of carbonyl (C=O) groups excluding carboxylic acids is 1. The molecule has 1 saturated heterocycles. The van der Waals surface area contributed by atoms with E-state index in [9.17, 15) is 4.79 Å². The molecule has 0 aliphatic carbocycles. The van der Waals surface area contributed by atoms with E-state index >= 15 is 0 Å². The van der Waals surface area contributed by atoms with Gasteiger partial charge in [-0.1, -0.05) is 0 Å². The van der Waals surface area contributed by atoms with Crippen molar-refractivity contribution in [2.45, 2.75) is 38.3 Å². The van der Waals surface area contributed by atoms with Crippen LogP contribution in [0.3, 0.4) is 0 Å². The molecule has 24 heavy (non-hydrogen) atoms. The molecule has 1 aliphatic rings. The van der Waals surface area contributed by atoms with Crippen molar-refractivity contribution >= 4 is 26.2 Å². The molecular weight excluding hydrogens is 365 g/mol. The maximum atomic E-state index is 13.2. The van der Waals surface area contributed by atoms with Gasteiger partial charge < -0.3 is 0 Å². The minimum atomic E-state index is -0.157. The van der Waals surface area contributed by atoms with E-state index in [1.807, 2.05) is 74.5 Å². The van der Waals surface area contributed by atoms with Crippen LogP contribution in [-0.2, 0) is 9.53 Å². The van der Waals surface area contributed by atoms with Crippen molar-refractivity contribution in [3.05, 3.63) is 71.8 Å². The fraction of sp³-hybridized carbons (Fsp3) is 0.300. The summed E-state index contributed by atoms with van der Waals surface area (Å²) in [4.78, 5) is 15.0. The van der Waals surface area contributed by atoms with E-state index in [0.717, 1.165) is 17.5 Å². The average molecular weight is 386 g/mol. The molecule has 1 aliphatic heterocycles. The molecule has 1 amide bonds. The number of rotatable bonds is 4. The predicted molar refractivity (Wildman–Crippen MR) is 96.8 cm³/mol. The summed E-state index contributed by atoms with van der Waals surface area (Å²) in [5.41, 5.74) is 2.13. The van der Waals surface area contributed by atoms with Crippen LogP contribution in [0.1, 0.15) is 43.4 Å². The van der Waals surface area contributed by atoms with Gasteiger partial charge in [0.15, 0.2) is 0 Å². The molecular formula is C20H21NO2Se. The minimum absolute atomic E-state index is 0.0473. The van der Waals surface area contributed by atoms with Crippen LogP contribution < -0.4 is 0 Å². The summed E-state index contributed by atoms with van der Waals surface area (Å²) in [6, 6.07) is 20.0. The molecule has 1 heterocycles. The molecule has 3 rings (SSSR count). The summed E-state index contributed by atoms with van der Waals surface area (Å²) in [7, 11) is 0. The molecule has 0 saturated carbocycles. The van der Waals surface area contributed by atoms with Crippen molar-refractivity contribution in [2.24, 2.45) is 0 Å². The summed E-state index contributed by atoms with van der Waals surface area (Å²) in [6.07, 6.45) is 0.620. The van der Waals surface area contributed by atoms with E-state index in [-0.39, 0.29) is 24.0 Å². The number of nitrogens with zero attached hydrogens (tertiary/aromatic N) is 1. The average Bonchev–Trinajstić information content (AvgIpc) is 2.91. The fourth-order valence-corrected chi connectivity index (χ4v) is 4.01. The fourth-order valence-electron chi connectivity index (χ4n) is 3.25. The first-order valence-electron chi connectivity index (χ1n) is 8.27. The van der Waals surface area contributed by atoms with Gasteiger partial charge >= 0.3 is 151 Å². The maximum absolute atomic E-state index is 13.2. The first-order chi connectivity index (χ1) is 11.6. The van der Waals surface area contributed by atoms with Crippen LogP contribution in [0.2, 0.25) is 0 Å². The number of benzene rings is 2. The Kier molecular flexibility index (Phi) is 5.17. The third kappa shape index (κ3) is 3.17. The number of amides is 1. The summed E-state index contributed by atoms with van der Waals surface area (Å²) in [5, 5.41) is 0. The van der Waals surface area contributed by atoms with Crippen LogP contribution >= 0.6 is 0 Å². The quantitative estimate of drug-likeness (QED) is 0.754. The number of hydrogen-bond donors (Lipinski definition) is 0. The van der Waals surface area contributed by atoms with Crippen LogP contribution in [0.4, 0.5) is 0 Å². The van der Waals surface area contributed by atoms with Crippen LogP contribution in [0.5, 0.6) is 0 Å². The summed E-state index contributed by atoms with van der Waals surface area (Å²) in [6.45, 7) is 4.09. The molecule has 2 aromatic rings. The van der Waals surface area contributed by atoms with Gasteiger partial charge in [0.25, 0.3) is 0 Å². The van der Waals surface area contributed by atoms with Crippen molar-refractivity contribution in [2.75, 3.05) is 0 Å². The summed E-state index contributed by atoms with van der Waals surface area (Å²) < 4.78 is 6.56. The Bertz CT molecular complexity index is 717. The number of hydrogen-bond acceptors (Lipinski definition) is 2. The molecule has 3 atom stereocenters. The van der Waals surface area contributed by atoms with Crippen molar-refractivity contribution < 1.29 is 9.53 Å². The number of ether oxygens (including phenoxy) is 1. The van der Waals surface area contributed by atoms with Gasteiger partial charge in [-0.25, -0.2) is 0 Å². The van der Waals surface area contributed by atoms with Gasteiger partial charge in [0.1, 0.15) is 0 Å². The van der Waals surface area contributed by atoms with Gasteiger partial charge in [-0.3, -0.25) is 0 Å². The normalized spacial score (nSPS) is 21.4. The van der Waals surface area contributed by atoms with E-state index in [1.165, 1.54) is 0 Å². The Morgan fingerprint density at radius 1 is 1.12 bits per heavy atom. The third-order valence-electron chi connectivity index (χ3n) is 4.54. The summed E-state index contributed by atoms with van der Waals surface area (Å²) in [5.74, 6) is -0.0708.